The summed E-state index contributed by atoms with van der Waals surface area (Å²) < 4.78 is 142. The molecule has 0 aliphatic rings. The first-order valence-corrected chi connectivity index (χ1v) is 9.85. The van der Waals surface area contributed by atoms with Gasteiger partial charge in [0.05, 0.1) is 11.3 Å². The first-order chi connectivity index (χ1) is 16.4. The quantitative estimate of drug-likeness (QED) is 0.165. The second-order valence-corrected chi connectivity index (χ2v) is 7.92. The van der Waals surface area contributed by atoms with Gasteiger partial charge in [0.1, 0.15) is 23.3 Å². The van der Waals surface area contributed by atoms with Gasteiger partial charge in [-0.3, -0.25) is 0 Å². The molecule has 0 saturated carbocycles. The number of nitrogens with zero attached hydrogens (tertiary/aromatic N) is 1. The number of aromatic nitrogens is 1. The first-order valence-electron chi connectivity index (χ1n) is 9.41. The molecule has 1 N–H and O–H groups in total. The maximum Gasteiger partial charge on any atom is 0.237 e. The van der Waals surface area contributed by atoms with E-state index in [2.05, 4.69) is 4.98 Å². The molecular weight excluding hydrogens is 516 g/mol. The molecule has 1 heterocycles. The smallest absolute Gasteiger partial charge is 0.237 e. The van der Waals surface area contributed by atoms with E-state index in [-0.39, 0.29) is 5.52 Å². The monoisotopic (exact) mass is 523 g/mol. The molecule has 4 rings (SSSR count). The highest BCUT2D eigenvalue weighted by Gasteiger charge is 2.42. The summed E-state index contributed by atoms with van der Waals surface area (Å²) in [6.07, 6.45) is 0. The number of hydrogen-bond acceptors (Lipinski definition) is 2. The summed E-state index contributed by atoms with van der Waals surface area (Å²) in [6.45, 7) is 0. The molecule has 14 heteroatoms. The number of pyridine rings is 1. The Morgan fingerprint density at radius 1 is 0.543 bits per heavy atom. The van der Waals surface area contributed by atoms with E-state index >= 15 is 0 Å². The van der Waals surface area contributed by atoms with Crippen molar-refractivity contribution < 1.29 is 43.9 Å². The zero-order valence-electron chi connectivity index (χ0n) is 16.6. The van der Waals surface area contributed by atoms with E-state index in [1.54, 1.807) is 12.1 Å². The van der Waals surface area contributed by atoms with Gasteiger partial charge in [0.15, 0.2) is 34.9 Å². The molecule has 182 valence electrons. The van der Waals surface area contributed by atoms with Crippen LogP contribution in [0.25, 0.3) is 10.9 Å². The van der Waals surface area contributed by atoms with E-state index in [1.807, 2.05) is 5.23 Å². The van der Waals surface area contributed by atoms with Crippen molar-refractivity contribution in [2.45, 2.75) is 0 Å². The minimum atomic E-state index is -4.69. The molecule has 0 saturated heterocycles. The van der Waals surface area contributed by atoms with Gasteiger partial charge < -0.3 is 16.7 Å². The minimum absolute atomic E-state index is 0.169. The van der Waals surface area contributed by atoms with Crippen molar-refractivity contribution in [2.24, 2.45) is 0 Å². The predicted octanol–water partition coefficient (Wildman–Crippen LogP) is 5.53. The summed E-state index contributed by atoms with van der Waals surface area (Å²) in [6, 6.07) is 8.47. The van der Waals surface area contributed by atoms with Crippen LogP contribution in [0.15, 0.2) is 36.4 Å². The van der Waals surface area contributed by atoms with Crippen LogP contribution in [0.5, 0.6) is 0 Å². The lowest BCUT2D eigenvalue weighted by Gasteiger charge is -2.39. The van der Waals surface area contributed by atoms with Crippen molar-refractivity contribution in [1.82, 2.24) is 4.98 Å². The van der Waals surface area contributed by atoms with Crippen molar-refractivity contribution in [2.75, 3.05) is 5.23 Å². The summed E-state index contributed by atoms with van der Waals surface area (Å²) in [5, 5.41) is 2.42. The SMILES string of the molecule is Fc1c(F)c(F)c([B-](Cl)(Nc2ccc3ccccc3n2)c2c(F)c(F)c(F)c(F)c2F)c(F)c1F. The Balaban J connectivity index is 2.10. The van der Waals surface area contributed by atoms with E-state index in [9.17, 15) is 43.9 Å². The van der Waals surface area contributed by atoms with Crippen LogP contribution in [0.2, 0.25) is 0 Å². The molecule has 0 aliphatic carbocycles. The van der Waals surface area contributed by atoms with Crippen molar-refractivity contribution in [1.29, 1.82) is 0 Å². The number of halogens is 11. The van der Waals surface area contributed by atoms with Crippen molar-refractivity contribution in [3.05, 3.63) is 94.6 Å². The number of para-hydroxylation sites is 1. The highest BCUT2D eigenvalue weighted by molar-refractivity contribution is 7.35. The fraction of sp³-hybridized carbons (Fsp3) is 0. The normalized spacial score (nSPS) is 11.9. The second-order valence-electron chi connectivity index (χ2n) is 7.26. The van der Waals surface area contributed by atoms with Crippen LogP contribution in [0.4, 0.5) is 49.7 Å². The summed E-state index contributed by atoms with van der Waals surface area (Å²) >= 11 is 6.13. The molecule has 35 heavy (non-hydrogen) atoms. The molecule has 0 fully saturated rings. The lowest BCUT2D eigenvalue weighted by atomic mass is 9.47. The molecule has 0 unspecified atom stereocenters. The van der Waals surface area contributed by atoms with Gasteiger partial charge in [-0.1, -0.05) is 29.1 Å². The molecule has 1 aromatic heterocycles. The fourth-order valence-electron chi connectivity index (χ4n) is 3.58. The molecule has 3 aromatic carbocycles. The Bertz CT molecular complexity index is 1390. The number of benzene rings is 3. The lowest BCUT2D eigenvalue weighted by Crippen LogP contribution is -2.65. The van der Waals surface area contributed by atoms with Gasteiger partial charge in [0.25, 0.3) is 0 Å². The van der Waals surface area contributed by atoms with Gasteiger partial charge in [0, 0.05) is 5.39 Å². The average Bonchev–Trinajstić information content (AvgIpc) is 2.84. The van der Waals surface area contributed by atoms with Crippen molar-refractivity contribution in [3.63, 3.8) is 0 Å². The van der Waals surface area contributed by atoms with Crippen molar-refractivity contribution >= 4 is 44.8 Å². The molecule has 4 aromatic rings. The van der Waals surface area contributed by atoms with Gasteiger partial charge in [-0.25, -0.2) is 48.9 Å². The standard InChI is InChI=1S/C21H7BClF10N2/c23-22(10-12(24)16(28)20(32)17(29)13(10)25,11-14(26)18(30)21(33)19(31)15(11)27)35-9-6-5-7-3-1-2-4-8(7)34-9/h1-6H,(H,34,35)/q-1. The van der Waals surface area contributed by atoms with Crippen LogP contribution in [0, 0.1) is 58.2 Å². The van der Waals surface area contributed by atoms with Crippen molar-refractivity contribution in [3.8, 4) is 0 Å². The molecular formula is C21H7BClF10N2-. The highest BCUT2D eigenvalue weighted by atomic mass is 35.5. The molecule has 0 amide bonds. The topological polar surface area (TPSA) is 24.9 Å². The molecule has 0 atom stereocenters. The summed E-state index contributed by atoms with van der Waals surface area (Å²) in [7, 11) is 0. The third-order valence-corrected chi connectivity index (χ3v) is 5.77. The molecule has 2 nitrogen and oxygen atoms in total. The Labute approximate surface area is 194 Å². The number of hydrogen-bond donors (Lipinski definition) is 1. The first kappa shape index (κ1) is 24.6. The van der Waals surface area contributed by atoms with Gasteiger partial charge in [-0.15, -0.1) is 0 Å². The zero-order chi connectivity index (χ0) is 25.8. The van der Waals surface area contributed by atoms with E-state index in [1.165, 1.54) is 18.2 Å². The highest BCUT2D eigenvalue weighted by Crippen LogP contribution is 2.27. The maximum absolute atomic E-state index is 14.7. The molecule has 0 spiro atoms. The molecule has 0 radical (unpaired) electrons. The number of anilines is 1. The van der Waals surface area contributed by atoms with Gasteiger partial charge in [0.2, 0.25) is 5.70 Å². The third-order valence-electron chi connectivity index (χ3n) is 5.23. The minimum Gasteiger partial charge on any atom is -0.522 e. The lowest BCUT2D eigenvalue weighted by molar-refractivity contribution is 0.382. The predicted molar refractivity (Wildman–Crippen MR) is 109 cm³/mol. The summed E-state index contributed by atoms with van der Waals surface area (Å²) in [5.74, 6) is -26.7. The van der Waals surface area contributed by atoms with Crippen LogP contribution in [0.1, 0.15) is 0 Å². The largest absolute Gasteiger partial charge is 0.522 e. The van der Waals surface area contributed by atoms with Crippen LogP contribution in [-0.4, -0.2) is 10.7 Å². The Hall–Kier alpha value is -3.48. The number of nitrogens with one attached hydrogen (secondary N) is 1. The Kier molecular flexibility index (Phi) is 6.08. The van der Waals surface area contributed by atoms with Crippen LogP contribution in [0.3, 0.4) is 0 Å². The number of fused-ring (bicyclic) bond motifs is 1. The van der Waals surface area contributed by atoms with Crippen LogP contribution < -0.4 is 16.2 Å². The van der Waals surface area contributed by atoms with Gasteiger partial charge in [-0.05, 0) is 18.2 Å². The van der Waals surface area contributed by atoms with Gasteiger partial charge in [-0.2, -0.15) is 0 Å². The Morgan fingerprint density at radius 3 is 1.40 bits per heavy atom. The zero-order valence-corrected chi connectivity index (χ0v) is 17.4. The van der Waals surface area contributed by atoms with E-state index < -0.39 is 80.6 Å². The fourth-order valence-corrected chi connectivity index (χ4v) is 4.08. The summed E-state index contributed by atoms with van der Waals surface area (Å²) in [5.41, 5.74) is -8.66. The summed E-state index contributed by atoms with van der Waals surface area (Å²) in [4.78, 5) is 3.96. The van der Waals surface area contributed by atoms with Gasteiger partial charge >= 0.3 is 0 Å². The van der Waals surface area contributed by atoms with E-state index in [4.69, 9.17) is 11.5 Å². The average molecular weight is 524 g/mol. The van der Waals surface area contributed by atoms with E-state index in [0.717, 1.165) is 6.07 Å². The van der Waals surface area contributed by atoms with Crippen LogP contribution >= 0.6 is 11.5 Å². The van der Waals surface area contributed by atoms with E-state index in [0.29, 0.717) is 5.39 Å². The molecule has 0 bridgehead atoms. The molecule has 0 aliphatic heterocycles. The number of rotatable bonds is 4. The van der Waals surface area contributed by atoms with Crippen LogP contribution in [-0.2, 0) is 0 Å². The maximum atomic E-state index is 14.7. The third kappa shape index (κ3) is 3.74. The second kappa shape index (κ2) is 8.63. The Morgan fingerprint density at radius 2 is 0.943 bits per heavy atom.